The van der Waals surface area contributed by atoms with Crippen molar-refractivity contribution < 1.29 is 0 Å². The molecule has 0 heterocycles. The highest BCUT2D eigenvalue weighted by atomic mass is 14.1. The Morgan fingerprint density at radius 3 is 2.40 bits per heavy atom. The molecule has 56 valence electrons. The van der Waals surface area contributed by atoms with Crippen LogP contribution in [0.25, 0.3) is 0 Å². The van der Waals surface area contributed by atoms with Crippen LogP contribution in [-0.4, -0.2) is 0 Å². The van der Waals surface area contributed by atoms with E-state index in [-0.39, 0.29) is 0 Å². The van der Waals surface area contributed by atoms with E-state index >= 15 is 0 Å². The van der Waals surface area contributed by atoms with Gasteiger partial charge < -0.3 is 0 Å². The molecule has 0 aromatic carbocycles. The van der Waals surface area contributed by atoms with Crippen molar-refractivity contribution in [3.63, 3.8) is 0 Å². The standard InChI is InChI=1S/C10H16/c1-8(2)10-6-4-5-9(3)7-10/h5-6,8H,4,7H2,1-3H3. The average molecular weight is 136 g/mol. The third-order valence-electron chi connectivity index (χ3n) is 2.07. The summed E-state index contributed by atoms with van der Waals surface area (Å²) in [5, 5.41) is 0. The normalized spacial score (nSPS) is 18.8. The van der Waals surface area contributed by atoms with Crippen molar-refractivity contribution in [1.82, 2.24) is 0 Å². The molecular weight excluding hydrogens is 120 g/mol. The fourth-order valence-corrected chi connectivity index (χ4v) is 1.32. The second kappa shape index (κ2) is 3.05. The smallest absolute Gasteiger partial charge is 0.0108 e. The van der Waals surface area contributed by atoms with Crippen molar-refractivity contribution in [2.45, 2.75) is 33.6 Å². The summed E-state index contributed by atoms with van der Waals surface area (Å²) < 4.78 is 0. The molecule has 0 N–H and O–H groups in total. The zero-order chi connectivity index (χ0) is 7.56. The summed E-state index contributed by atoms with van der Waals surface area (Å²) >= 11 is 0. The zero-order valence-electron chi connectivity index (χ0n) is 7.15. The predicted molar refractivity (Wildman–Crippen MR) is 45.9 cm³/mol. The first-order valence-electron chi connectivity index (χ1n) is 4.04. The predicted octanol–water partition coefficient (Wildman–Crippen LogP) is 3.31. The lowest BCUT2D eigenvalue weighted by Crippen LogP contribution is -1.98. The Hall–Kier alpha value is -0.520. The molecule has 1 aliphatic rings. The molecule has 0 nitrogen and oxygen atoms in total. The Morgan fingerprint density at radius 2 is 2.00 bits per heavy atom. The Labute approximate surface area is 63.6 Å². The monoisotopic (exact) mass is 136 g/mol. The SMILES string of the molecule is CC1=CCC=C(C(C)C)C1. The first-order valence-corrected chi connectivity index (χ1v) is 4.04. The van der Waals surface area contributed by atoms with E-state index in [1.807, 2.05) is 0 Å². The maximum Gasteiger partial charge on any atom is -0.0108 e. The summed E-state index contributed by atoms with van der Waals surface area (Å²) in [5.41, 5.74) is 3.14. The van der Waals surface area contributed by atoms with Crippen LogP contribution < -0.4 is 0 Å². The minimum Gasteiger partial charge on any atom is -0.0815 e. The van der Waals surface area contributed by atoms with Gasteiger partial charge in [0.25, 0.3) is 0 Å². The minimum absolute atomic E-state index is 0.739. The van der Waals surface area contributed by atoms with E-state index in [1.165, 1.54) is 12.0 Å². The third-order valence-corrected chi connectivity index (χ3v) is 2.07. The quantitative estimate of drug-likeness (QED) is 0.485. The Morgan fingerprint density at radius 1 is 1.30 bits per heavy atom. The molecule has 0 radical (unpaired) electrons. The van der Waals surface area contributed by atoms with Gasteiger partial charge in [-0.15, -0.1) is 0 Å². The molecule has 1 rings (SSSR count). The molecule has 10 heavy (non-hydrogen) atoms. The van der Waals surface area contributed by atoms with Crippen LogP contribution >= 0.6 is 0 Å². The highest BCUT2D eigenvalue weighted by molar-refractivity contribution is 5.21. The molecule has 0 heteroatoms. The molecule has 0 aliphatic heterocycles. The van der Waals surface area contributed by atoms with Crippen molar-refractivity contribution in [1.29, 1.82) is 0 Å². The summed E-state index contributed by atoms with van der Waals surface area (Å²) in [6, 6.07) is 0. The summed E-state index contributed by atoms with van der Waals surface area (Å²) in [7, 11) is 0. The van der Waals surface area contributed by atoms with E-state index in [2.05, 4.69) is 32.9 Å². The molecule has 0 aromatic rings. The highest BCUT2D eigenvalue weighted by Gasteiger charge is 2.06. The molecule has 0 saturated heterocycles. The van der Waals surface area contributed by atoms with Crippen LogP contribution in [0, 0.1) is 5.92 Å². The van der Waals surface area contributed by atoms with Crippen molar-refractivity contribution in [2.24, 2.45) is 5.92 Å². The van der Waals surface area contributed by atoms with E-state index in [1.54, 1.807) is 5.57 Å². The first kappa shape index (κ1) is 7.59. The lowest BCUT2D eigenvalue weighted by Gasteiger charge is -2.15. The lowest BCUT2D eigenvalue weighted by atomic mass is 9.91. The van der Waals surface area contributed by atoms with Crippen LogP contribution in [0.1, 0.15) is 33.6 Å². The number of allylic oxidation sites excluding steroid dienone is 4. The summed E-state index contributed by atoms with van der Waals surface area (Å²) in [6.45, 7) is 6.75. The molecular formula is C10H16. The van der Waals surface area contributed by atoms with Crippen LogP contribution in [0.4, 0.5) is 0 Å². The summed E-state index contributed by atoms with van der Waals surface area (Å²) in [5.74, 6) is 0.739. The second-order valence-corrected chi connectivity index (χ2v) is 3.40. The first-order chi connectivity index (χ1) is 4.70. The van der Waals surface area contributed by atoms with E-state index in [0.29, 0.717) is 0 Å². The van der Waals surface area contributed by atoms with E-state index < -0.39 is 0 Å². The largest absolute Gasteiger partial charge is 0.0815 e. The summed E-state index contributed by atoms with van der Waals surface area (Å²) in [6.07, 6.45) is 7.03. The summed E-state index contributed by atoms with van der Waals surface area (Å²) in [4.78, 5) is 0. The van der Waals surface area contributed by atoms with Gasteiger partial charge in [-0.2, -0.15) is 0 Å². The van der Waals surface area contributed by atoms with Gasteiger partial charge in [-0.05, 0) is 25.7 Å². The van der Waals surface area contributed by atoms with Gasteiger partial charge in [-0.3, -0.25) is 0 Å². The van der Waals surface area contributed by atoms with Gasteiger partial charge in [-0.1, -0.05) is 37.1 Å². The topological polar surface area (TPSA) is 0 Å². The van der Waals surface area contributed by atoms with Crippen LogP contribution in [0.2, 0.25) is 0 Å². The fourth-order valence-electron chi connectivity index (χ4n) is 1.32. The van der Waals surface area contributed by atoms with Gasteiger partial charge in [0.05, 0.1) is 0 Å². The molecule has 0 atom stereocenters. The Balaban J connectivity index is 2.57. The molecule has 0 unspecified atom stereocenters. The number of rotatable bonds is 1. The van der Waals surface area contributed by atoms with Crippen molar-refractivity contribution in [2.75, 3.05) is 0 Å². The van der Waals surface area contributed by atoms with E-state index in [4.69, 9.17) is 0 Å². The molecule has 0 amide bonds. The number of hydrogen-bond acceptors (Lipinski definition) is 0. The van der Waals surface area contributed by atoms with E-state index in [9.17, 15) is 0 Å². The van der Waals surface area contributed by atoms with Gasteiger partial charge in [-0.25, -0.2) is 0 Å². The molecule has 0 saturated carbocycles. The van der Waals surface area contributed by atoms with Gasteiger partial charge in [0.1, 0.15) is 0 Å². The van der Waals surface area contributed by atoms with Gasteiger partial charge in [0.2, 0.25) is 0 Å². The minimum atomic E-state index is 0.739. The third kappa shape index (κ3) is 1.73. The molecule has 1 aliphatic carbocycles. The van der Waals surface area contributed by atoms with Gasteiger partial charge >= 0.3 is 0 Å². The van der Waals surface area contributed by atoms with Gasteiger partial charge in [0.15, 0.2) is 0 Å². The molecule has 0 aromatic heterocycles. The van der Waals surface area contributed by atoms with Crippen LogP contribution in [-0.2, 0) is 0 Å². The molecule has 0 spiro atoms. The van der Waals surface area contributed by atoms with Gasteiger partial charge in [0, 0.05) is 0 Å². The van der Waals surface area contributed by atoms with Crippen molar-refractivity contribution >= 4 is 0 Å². The van der Waals surface area contributed by atoms with Crippen LogP contribution in [0.5, 0.6) is 0 Å². The maximum atomic E-state index is 2.36. The Kier molecular flexibility index (Phi) is 2.31. The van der Waals surface area contributed by atoms with Crippen molar-refractivity contribution in [3.8, 4) is 0 Å². The lowest BCUT2D eigenvalue weighted by molar-refractivity contribution is 0.726. The average Bonchev–Trinajstić information content (AvgIpc) is 1.88. The van der Waals surface area contributed by atoms with Crippen LogP contribution in [0.15, 0.2) is 23.3 Å². The zero-order valence-corrected chi connectivity index (χ0v) is 7.15. The number of hydrogen-bond donors (Lipinski definition) is 0. The molecule has 0 bridgehead atoms. The van der Waals surface area contributed by atoms with E-state index in [0.717, 1.165) is 12.3 Å². The van der Waals surface area contributed by atoms with Crippen LogP contribution in [0.3, 0.4) is 0 Å². The Bertz CT molecular complexity index is 170. The van der Waals surface area contributed by atoms with Crippen molar-refractivity contribution in [3.05, 3.63) is 23.3 Å². The fraction of sp³-hybridized carbons (Fsp3) is 0.600. The highest BCUT2D eigenvalue weighted by Crippen LogP contribution is 2.23. The second-order valence-electron chi connectivity index (χ2n) is 3.40. The maximum absolute atomic E-state index is 2.36. The molecule has 0 fully saturated rings.